The number of carbonyl (C=O) groups is 1. The normalized spacial score (nSPS) is 10.3. The summed E-state index contributed by atoms with van der Waals surface area (Å²) in [5.41, 5.74) is 2.31. The number of aromatic nitrogens is 2. The third kappa shape index (κ3) is 2.85. The lowest BCUT2D eigenvalue weighted by Crippen LogP contribution is -2.41. The van der Waals surface area contributed by atoms with Gasteiger partial charge in [0.15, 0.2) is 0 Å². The van der Waals surface area contributed by atoms with Gasteiger partial charge in [-0.15, -0.1) is 0 Å². The Bertz CT molecular complexity index is 627. The standard InChI is InChI=1S/C12H13N3O3/c1-8-3-4-9(2)10(5-8)13-11(16)6-15-7-12(17)18-14-15/h3-5,7H,6H2,1-2H3,(H-,13,14,16,17)/p+1. The molecule has 0 spiro atoms. The highest BCUT2D eigenvalue weighted by Crippen LogP contribution is 2.15. The second-order valence-electron chi connectivity index (χ2n) is 4.14. The maximum absolute atomic E-state index is 11.8. The van der Waals surface area contributed by atoms with Crippen LogP contribution in [-0.2, 0) is 11.3 Å². The first-order valence-corrected chi connectivity index (χ1v) is 5.49. The number of nitrogens with one attached hydrogen (secondary N) is 2. The van der Waals surface area contributed by atoms with Crippen molar-refractivity contribution in [3.8, 4) is 0 Å². The zero-order chi connectivity index (χ0) is 13.1. The monoisotopic (exact) mass is 248 g/mol. The van der Waals surface area contributed by atoms with E-state index in [1.807, 2.05) is 32.0 Å². The third-order valence-corrected chi connectivity index (χ3v) is 2.51. The fraction of sp³-hybridized carbons (Fsp3) is 0.250. The van der Waals surface area contributed by atoms with E-state index in [0.717, 1.165) is 16.8 Å². The van der Waals surface area contributed by atoms with Gasteiger partial charge >= 0.3 is 5.63 Å². The summed E-state index contributed by atoms with van der Waals surface area (Å²) >= 11 is 0. The second-order valence-corrected chi connectivity index (χ2v) is 4.14. The average molecular weight is 248 g/mol. The number of H-pyrrole nitrogens is 1. The van der Waals surface area contributed by atoms with E-state index in [4.69, 9.17) is 0 Å². The summed E-state index contributed by atoms with van der Waals surface area (Å²) in [6.45, 7) is 3.87. The molecular formula is C12H14N3O3+. The molecule has 2 aromatic rings. The molecule has 0 aliphatic rings. The molecule has 18 heavy (non-hydrogen) atoms. The van der Waals surface area contributed by atoms with Gasteiger partial charge in [-0.05, 0) is 36.3 Å². The van der Waals surface area contributed by atoms with Crippen LogP contribution in [0.3, 0.4) is 0 Å². The van der Waals surface area contributed by atoms with Gasteiger partial charge in [0.25, 0.3) is 18.6 Å². The first kappa shape index (κ1) is 12.1. The first-order valence-electron chi connectivity index (χ1n) is 5.49. The van der Waals surface area contributed by atoms with Crippen LogP contribution in [0, 0.1) is 13.8 Å². The Balaban J connectivity index is 2.07. The van der Waals surface area contributed by atoms with Gasteiger partial charge in [0.2, 0.25) is 0 Å². The third-order valence-electron chi connectivity index (χ3n) is 2.51. The molecule has 2 rings (SSSR count). The van der Waals surface area contributed by atoms with Crippen LogP contribution in [0.5, 0.6) is 0 Å². The van der Waals surface area contributed by atoms with Crippen LogP contribution in [0.15, 0.2) is 33.7 Å². The molecule has 1 aromatic heterocycles. The number of rotatable bonds is 3. The highest BCUT2D eigenvalue weighted by Gasteiger charge is 2.13. The molecule has 6 nitrogen and oxygen atoms in total. The van der Waals surface area contributed by atoms with Crippen molar-refractivity contribution in [2.75, 3.05) is 5.32 Å². The lowest BCUT2D eigenvalue weighted by atomic mass is 10.1. The van der Waals surface area contributed by atoms with Crippen LogP contribution in [0.1, 0.15) is 11.1 Å². The van der Waals surface area contributed by atoms with Crippen LogP contribution in [-0.4, -0.2) is 11.2 Å². The van der Waals surface area contributed by atoms with E-state index < -0.39 is 5.63 Å². The molecule has 94 valence electrons. The van der Waals surface area contributed by atoms with Crippen molar-refractivity contribution in [2.45, 2.75) is 20.4 Å². The van der Waals surface area contributed by atoms with Crippen molar-refractivity contribution in [3.05, 3.63) is 45.9 Å². The van der Waals surface area contributed by atoms with E-state index >= 15 is 0 Å². The number of hydrogen-bond donors (Lipinski definition) is 2. The Morgan fingerprint density at radius 3 is 2.89 bits per heavy atom. The Labute approximate surface area is 103 Å². The molecule has 0 atom stereocenters. The van der Waals surface area contributed by atoms with Gasteiger partial charge in [0, 0.05) is 5.69 Å². The van der Waals surface area contributed by atoms with Crippen molar-refractivity contribution >= 4 is 11.6 Å². The van der Waals surface area contributed by atoms with Crippen molar-refractivity contribution in [1.82, 2.24) is 5.27 Å². The zero-order valence-electron chi connectivity index (χ0n) is 10.2. The molecular weight excluding hydrogens is 234 g/mol. The summed E-state index contributed by atoms with van der Waals surface area (Å²) in [4.78, 5) is 22.5. The van der Waals surface area contributed by atoms with Gasteiger partial charge in [-0.1, -0.05) is 16.8 Å². The van der Waals surface area contributed by atoms with Gasteiger partial charge in [-0.25, -0.2) is 4.79 Å². The minimum Gasteiger partial charge on any atom is -0.320 e. The molecule has 0 radical (unpaired) electrons. The topological polar surface area (TPSA) is 79.0 Å². The summed E-state index contributed by atoms with van der Waals surface area (Å²) in [7, 11) is 0. The fourth-order valence-electron chi connectivity index (χ4n) is 1.58. The maximum Gasteiger partial charge on any atom is 0.426 e. The Hall–Kier alpha value is -2.37. The lowest BCUT2D eigenvalue weighted by Gasteiger charge is -2.07. The van der Waals surface area contributed by atoms with Crippen molar-refractivity contribution in [1.29, 1.82) is 0 Å². The number of benzene rings is 1. The predicted molar refractivity (Wildman–Crippen MR) is 64.1 cm³/mol. The first-order chi connectivity index (χ1) is 8.54. The Kier molecular flexibility index (Phi) is 3.27. The van der Waals surface area contributed by atoms with Gasteiger partial charge in [0.1, 0.15) is 0 Å². The summed E-state index contributed by atoms with van der Waals surface area (Å²) in [6, 6.07) is 5.82. The van der Waals surface area contributed by atoms with E-state index in [0.29, 0.717) is 0 Å². The summed E-state index contributed by atoms with van der Waals surface area (Å²) in [5, 5.41) is 5.10. The molecule has 0 aliphatic carbocycles. The molecule has 6 heteroatoms. The Morgan fingerprint density at radius 1 is 1.44 bits per heavy atom. The number of hydrogen-bond acceptors (Lipinski definition) is 3. The maximum atomic E-state index is 11.8. The smallest absolute Gasteiger partial charge is 0.320 e. The van der Waals surface area contributed by atoms with Crippen LogP contribution in [0.25, 0.3) is 0 Å². The molecule has 0 fully saturated rings. The number of aromatic amines is 1. The molecule has 0 saturated heterocycles. The quantitative estimate of drug-likeness (QED) is 0.777. The van der Waals surface area contributed by atoms with E-state index in [-0.39, 0.29) is 12.5 Å². The predicted octanol–water partition coefficient (Wildman–Crippen LogP) is 0.511. The summed E-state index contributed by atoms with van der Waals surface area (Å²) in [5.74, 6) is -0.231. The van der Waals surface area contributed by atoms with Crippen molar-refractivity contribution < 1.29 is 14.0 Å². The highest BCUT2D eigenvalue weighted by molar-refractivity contribution is 5.90. The summed E-state index contributed by atoms with van der Waals surface area (Å²) < 4.78 is 5.74. The van der Waals surface area contributed by atoms with Gasteiger partial charge in [-0.3, -0.25) is 9.32 Å². The van der Waals surface area contributed by atoms with E-state index in [9.17, 15) is 9.59 Å². The van der Waals surface area contributed by atoms with Crippen molar-refractivity contribution in [2.24, 2.45) is 0 Å². The lowest BCUT2D eigenvalue weighted by molar-refractivity contribution is -0.750. The molecule has 0 aliphatic heterocycles. The molecule has 0 unspecified atom stereocenters. The minimum atomic E-state index is -0.519. The molecule has 0 bridgehead atoms. The average Bonchev–Trinajstić information content (AvgIpc) is 2.69. The van der Waals surface area contributed by atoms with Crippen LogP contribution in [0.4, 0.5) is 5.69 Å². The molecule has 0 saturated carbocycles. The highest BCUT2D eigenvalue weighted by atomic mass is 16.5. The second kappa shape index (κ2) is 4.87. The van der Waals surface area contributed by atoms with Crippen LogP contribution < -0.4 is 15.6 Å². The Morgan fingerprint density at radius 2 is 2.22 bits per heavy atom. The van der Waals surface area contributed by atoms with E-state index in [2.05, 4.69) is 15.1 Å². The number of anilines is 1. The van der Waals surface area contributed by atoms with Crippen LogP contribution >= 0.6 is 0 Å². The van der Waals surface area contributed by atoms with Gasteiger partial charge < -0.3 is 5.32 Å². The van der Waals surface area contributed by atoms with E-state index in [1.165, 1.54) is 10.9 Å². The molecule has 1 heterocycles. The number of amides is 1. The number of aryl methyl sites for hydroxylation is 2. The molecule has 2 N–H and O–H groups in total. The number of carbonyl (C=O) groups excluding carboxylic acids is 1. The summed E-state index contributed by atoms with van der Waals surface area (Å²) in [6.07, 6.45) is 1.18. The van der Waals surface area contributed by atoms with E-state index in [1.54, 1.807) is 0 Å². The molecule has 1 aromatic carbocycles. The largest absolute Gasteiger partial charge is 0.426 e. The fourth-order valence-corrected chi connectivity index (χ4v) is 1.58. The van der Waals surface area contributed by atoms with Crippen LogP contribution in [0.2, 0.25) is 0 Å². The van der Waals surface area contributed by atoms with Gasteiger partial charge in [-0.2, -0.15) is 0 Å². The number of nitrogens with zero attached hydrogens (tertiary/aromatic N) is 1. The molecule has 1 amide bonds. The SMILES string of the molecule is Cc1ccc(C)c(NC(=O)C[n+]2cc(=O)o[nH]2)c1. The van der Waals surface area contributed by atoms with Crippen molar-refractivity contribution in [3.63, 3.8) is 0 Å². The minimum absolute atomic E-state index is 0.000871. The van der Waals surface area contributed by atoms with Gasteiger partial charge in [0.05, 0.1) is 0 Å². The zero-order valence-corrected chi connectivity index (χ0v) is 10.2.